The van der Waals surface area contributed by atoms with Crippen molar-refractivity contribution in [3.8, 4) is 0 Å². The maximum atomic E-state index is 6.07. The van der Waals surface area contributed by atoms with Crippen molar-refractivity contribution in [1.29, 1.82) is 0 Å². The van der Waals surface area contributed by atoms with Gasteiger partial charge in [0.25, 0.3) is 0 Å². The number of hydrogen-bond donors (Lipinski definition) is 1. The minimum atomic E-state index is 0.0296. The van der Waals surface area contributed by atoms with Crippen LogP contribution < -0.4 is 5.32 Å². The molecule has 2 atom stereocenters. The van der Waals surface area contributed by atoms with E-state index in [1.807, 2.05) is 7.05 Å². The van der Waals surface area contributed by atoms with Gasteiger partial charge >= 0.3 is 0 Å². The highest BCUT2D eigenvalue weighted by Crippen LogP contribution is 2.31. The summed E-state index contributed by atoms with van der Waals surface area (Å²) in [5.41, 5.74) is 3.73. The lowest BCUT2D eigenvalue weighted by Gasteiger charge is -2.19. The molecule has 1 aliphatic rings. The summed E-state index contributed by atoms with van der Waals surface area (Å²) in [7, 11) is 1.99. The minimum Gasteiger partial charge on any atom is -0.370 e. The SMILES string of the molecule is CNC(C)c1c(C)nn(CC2CCC(C)(C)O2)c1C. The molecule has 1 saturated heterocycles. The largest absolute Gasteiger partial charge is 0.370 e. The number of rotatable bonds is 4. The topological polar surface area (TPSA) is 39.1 Å². The molecule has 1 fully saturated rings. The van der Waals surface area contributed by atoms with Gasteiger partial charge in [0.1, 0.15) is 0 Å². The molecule has 1 N–H and O–H groups in total. The molecule has 2 rings (SSSR count). The molecule has 1 aromatic rings. The van der Waals surface area contributed by atoms with Gasteiger partial charge in [-0.15, -0.1) is 0 Å². The van der Waals surface area contributed by atoms with Crippen LogP contribution in [0.1, 0.15) is 56.6 Å². The Labute approximate surface area is 116 Å². The van der Waals surface area contributed by atoms with Gasteiger partial charge in [-0.25, -0.2) is 0 Å². The average molecular weight is 265 g/mol. The highest BCUT2D eigenvalue weighted by Gasteiger charge is 2.32. The third-order valence-electron chi connectivity index (χ3n) is 4.23. The van der Waals surface area contributed by atoms with E-state index < -0.39 is 0 Å². The Kier molecular flexibility index (Phi) is 4.02. The zero-order valence-electron chi connectivity index (χ0n) is 13.1. The number of aryl methyl sites for hydroxylation is 1. The van der Waals surface area contributed by atoms with Crippen molar-refractivity contribution in [1.82, 2.24) is 15.1 Å². The normalized spacial score (nSPS) is 23.8. The van der Waals surface area contributed by atoms with Crippen molar-refractivity contribution in [2.75, 3.05) is 7.05 Å². The Hall–Kier alpha value is -0.870. The molecule has 19 heavy (non-hydrogen) atoms. The highest BCUT2D eigenvalue weighted by atomic mass is 16.5. The van der Waals surface area contributed by atoms with Crippen LogP contribution in [0, 0.1) is 13.8 Å². The van der Waals surface area contributed by atoms with Gasteiger partial charge in [-0.2, -0.15) is 5.10 Å². The second kappa shape index (κ2) is 5.25. The van der Waals surface area contributed by atoms with E-state index in [0.717, 1.165) is 25.1 Å². The standard InChI is InChI=1S/C15H27N3O/c1-10(16-6)14-11(2)17-18(12(14)3)9-13-7-8-15(4,5)19-13/h10,13,16H,7-9H2,1-6H3. The van der Waals surface area contributed by atoms with E-state index in [1.54, 1.807) is 0 Å². The molecule has 0 aromatic carbocycles. The fraction of sp³-hybridized carbons (Fsp3) is 0.800. The second-order valence-electron chi connectivity index (χ2n) is 6.32. The van der Waals surface area contributed by atoms with Gasteiger partial charge in [0.2, 0.25) is 0 Å². The van der Waals surface area contributed by atoms with Crippen LogP contribution in [0.2, 0.25) is 0 Å². The summed E-state index contributed by atoms with van der Waals surface area (Å²) < 4.78 is 8.18. The number of nitrogens with zero attached hydrogens (tertiary/aromatic N) is 2. The predicted molar refractivity (Wildman–Crippen MR) is 77.4 cm³/mol. The first-order valence-corrected chi connectivity index (χ1v) is 7.23. The first-order valence-electron chi connectivity index (χ1n) is 7.23. The van der Waals surface area contributed by atoms with Crippen molar-refractivity contribution < 1.29 is 4.74 Å². The van der Waals surface area contributed by atoms with Crippen LogP contribution in [0.4, 0.5) is 0 Å². The zero-order valence-corrected chi connectivity index (χ0v) is 13.1. The summed E-state index contributed by atoms with van der Waals surface area (Å²) in [5, 5.41) is 7.99. The van der Waals surface area contributed by atoms with E-state index in [1.165, 1.54) is 11.3 Å². The molecule has 108 valence electrons. The molecule has 0 spiro atoms. The maximum absolute atomic E-state index is 6.07. The number of hydrogen-bond acceptors (Lipinski definition) is 3. The van der Waals surface area contributed by atoms with Gasteiger partial charge in [0, 0.05) is 17.3 Å². The molecule has 2 heterocycles. The molecule has 0 bridgehead atoms. The fourth-order valence-electron chi connectivity index (χ4n) is 3.06. The van der Waals surface area contributed by atoms with Gasteiger partial charge in [-0.3, -0.25) is 4.68 Å². The Morgan fingerprint density at radius 2 is 2.16 bits per heavy atom. The van der Waals surface area contributed by atoms with Gasteiger partial charge in [-0.05, 0) is 54.5 Å². The number of aromatic nitrogens is 2. The van der Waals surface area contributed by atoms with E-state index in [9.17, 15) is 0 Å². The zero-order chi connectivity index (χ0) is 14.2. The van der Waals surface area contributed by atoms with Crippen LogP contribution >= 0.6 is 0 Å². The van der Waals surface area contributed by atoms with Gasteiger partial charge in [0.05, 0.1) is 23.9 Å². The van der Waals surface area contributed by atoms with Crippen molar-refractivity contribution in [2.45, 2.75) is 71.8 Å². The van der Waals surface area contributed by atoms with Crippen LogP contribution in [-0.4, -0.2) is 28.5 Å². The quantitative estimate of drug-likeness (QED) is 0.910. The first-order chi connectivity index (χ1) is 8.84. The molecule has 0 aliphatic carbocycles. The van der Waals surface area contributed by atoms with E-state index in [2.05, 4.69) is 49.7 Å². The lowest BCUT2D eigenvalue weighted by molar-refractivity contribution is -0.0232. The smallest absolute Gasteiger partial charge is 0.0779 e. The van der Waals surface area contributed by atoms with Crippen molar-refractivity contribution in [2.24, 2.45) is 0 Å². The van der Waals surface area contributed by atoms with Gasteiger partial charge in [-0.1, -0.05) is 0 Å². The van der Waals surface area contributed by atoms with Gasteiger partial charge < -0.3 is 10.1 Å². The van der Waals surface area contributed by atoms with E-state index in [0.29, 0.717) is 12.1 Å². The Balaban J connectivity index is 2.14. The Morgan fingerprint density at radius 1 is 1.47 bits per heavy atom. The highest BCUT2D eigenvalue weighted by molar-refractivity contribution is 5.27. The number of ether oxygens (including phenoxy) is 1. The lowest BCUT2D eigenvalue weighted by atomic mass is 10.1. The molecule has 1 aromatic heterocycles. The average Bonchev–Trinajstić information content (AvgIpc) is 2.80. The molecule has 0 saturated carbocycles. The molecule has 0 amide bonds. The van der Waals surface area contributed by atoms with E-state index in [4.69, 9.17) is 4.74 Å². The summed E-state index contributed by atoms with van der Waals surface area (Å²) >= 11 is 0. The maximum Gasteiger partial charge on any atom is 0.0779 e. The van der Waals surface area contributed by atoms with Crippen LogP contribution in [0.15, 0.2) is 0 Å². The molecule has 2 unspecified atom stereocenters. The summed E-state index contributed by atoms with van der Waals surface area (Å²) in [5.74, 6) is 0. The monoisotopic (exact) mass is 265 g/mol. The lowest BCUT2D eigenvalue weighted by Crippen LogP contribution is -2.24. The van der Waals surface area contributed by atoms with Crippen LogP contribution in [0.3, 0.4) is 0 Å². The summed E-state index contributed by atoms with van der Waals surface area (Å²) in [6, 6.07) is 0.342. The van der Waals surface area contributed by atoms with E-state index in [-0.39, 0.29) is 5.60 Å². The summed E-state index contributed by atoms with van der Waals surface area (Å²) in [6.07, 6.45) is 2.56. The third kappa shape index (κ3) is 3.00. The second-order valence-corrected chi connectivity index (χ2v) is 6.32. The summed E-state index contributed by atoms with van der Waals surface area (Å²) in [6.45, 7) is 11.6. The Morgan fingerprint density at radius 3 is 2.68 bits per heavy atom. The first kappa shape index (κ1) is 14.5. The molecular weight excluding hydrogens is 238 g/mol. The molecule has 0 radical (unpaired) electrons. The predicted octanol–water partition coefficient (Wildman–Crippen LogP) is 2.74. The van der Waals surface area contributed by atoms with Crippen LogP contribution in [0.5, 0.6) is 0 Å². The van der Waals surface area contributed by atoms with Crippen molar-refractivity contribution in [3.05, 3.63) is 17.0 Å². The summed E-state index contributed by atoms with van der Waals surface area (Å²) in [4.78, 5) is 0. The molecule has 4 nitrogen and oxygen atoms in total. The minimum absolute atomic E-state index is 0.0296. The number of nitrogens with one attached hydrogen (secondary N) is 1. The van der Waals surface area contributed by atoms with Crippen LogP contribution in [0.25, 0.3) is 0 Å². The molecule has 1 aliphatic heterocycles. The van der Waals surface area contributed by atoms with Crippen molar-refractivity contribution >= 4 is 0 Å². The van der Waals surface area contributed by atoms with Gasteiger partial charge in [0.15, 0.2) is 0 Å². The Bertz CT molecular complexity index is 450. The molecular formula is C15H27N3O. The fourth-order valence-corrected chi connectivity index (χ4v) is 3.06. The third-order valence-corrected chi connectivity index (χ3v) is 4.23. The van der Waals surface area contributed by atoms with Crippen LogP contribution in [-0.2, 0) is 11.3 Å². The van der Waals surface area contributed by atoms with E-state index >= 15 is 0 Å². The van der Waals surface area contributed by atoms with Crippen molar-refractivity contribution in [3.63, 3.8) is 0 Å². The molecule has 4 heteroatoms.